The van der Waals surface area contributed by atoms with Gasteiger partial charge in [-0.05, 0) is 18.7 Å². The van der Waals surface area contributed by atoms with Gasteiger partial charge in [0.15, 0.2) is 0 Å². The van der Waals surface area contributed by atoms with Crippen molar-refractivity contribution in [3.8, 4) is 0 Å². The van der Waals surface area contributed by atoms with E-state index >= 15 is 0 Å². The number of nitrogens with one attached hydrogen (secondary N) is 1. The lowest BCUT2D eigenvalue weighted by atomic mass is 10.1. The van der Waals surface area contributed by atoms with Crippen LogP contribution in [-0.4, -0.2) is 46.8 Å². The molecular formula is C7H14F3NO2S. The maximum atomic E-state index is 11.6. The first-order chi connectivity index (χ1) is 6.27. The van der Waals surface area contributed by atoms with Crippen LogP contribution in [0.25, 0.3) is 0 Å². The van der Waals surface area contributed by atoms with E-state index in [-0.39, 0.29) is 30.6 Å². The molecule has 86 valence electrons. The minimum atomic E-state index is -4.21. The van der Waals surface area contributed by atoms with Gasteiger partial charge in [-0.1, -0.05) is 0 Å². The second kappa shape index (κ2) is 5.79. The lowest BCUT2D eigenvalue weighted by Gasteiger charge is -2.20. The second-order valence-corrected chi connectivity index (χ2v) is 4.29. The summed E-state index contributed by atoms with van der Waals surface area (Å²) < 4.78 is 34.9. The number of halogens is 3. The molecule has 0 aromatic heterocycles. The van der Waals surface area contributed by atoms with E-state index in [4.69, 9.17) is 5.11 Å². The largest absolute Gasteiger partial charge is 0.441 e. The Morgan fingerprint density at radius 1 is 1.36 bits per heavy atom. The van der Waals surface area contributed by atoms with Crippen molar-refractivity contribution in [2.24, 2.45) is 0 Å². The fraction of sp³-hybridized carbons (Fsp3) is 1.00. The molecule has 0 aromatic carbocycles. The van der Waals surface area contributed by atoms with Crippen molar-refractivity contribution >= 4 is 11.8 Å². The Morgan fingerprint density at radius 3 is 2.36 bits per heavy atom. The molecule has 0 aliphatic rings. The molecule has 0 aliphatic carbocycles. The highest BCUT2D eigenvalue weighted by atomic mass is 32.2. The van der Waals surface area contributed by atoms with Gasteiger partial charge in [-0.25, -0.2) is 0 Å². The molecule has 0 spiro atoms. The van der Waals surface area contributed by atoms with Gasteiger partial charge < -0.3 is 15.5 Å². The first-order valence-electron chi connectivity index (χ1n) is 4.01. The Balaban J connectivity index is 3.39. The minimum Gasteiger partial charge on any atom is -0.393 e. The van der Waals surface area contributed by atoms with Crippen LogP contribution in [0.3, 0.4) is 0 Å². The zero-order valence-corrected chi connectivity index (χ0v) is 8.58. The third-order valence-electron chi connectivity index (χ3n) is 1.39. The van der Waals surface area contributed by atoms with Crippen LogP contribution in [0, 0.1) is 0 Å². The van der Waals surface area contributed by atoms with Crippen molar-refractivity contribution in [1.82, 2.24) is 5.32 Å². The van der Waals surface area contributed by atoms with E-state index in [0.29, 0.717) is 0 Å². The van der Waals surface area contributed by atoms with Gasteiger partial charge in [0.1, 0.15) is 0 Å². The Morgan fingerprint density at radius 2 is 1.93 bits per heavy atom. The molecular weight excluding hydrogens is 219 g/mol. The zero-order valence-electron chi connectivity index (χ0n) is 7.76. The molecule has 1 atom stereocenters. The number of hydrogen-bond donors (Lipinski definition) is 3. The fourth-order valence-corrected chi connectivity index (χ4v) is 1.13. The summed E-state index contributed by atoms with van der Waals surface area (Å²) in [7, 11) is 0. The maximum Gasteiger partial charge on any atom is 0.441 e. The van der Waals surface area contributed by atoms with Gasteiger partial charge in [-0.2, -0.15) is 13.2 Å². The van der Waals surface area contributed by atoms with Crippen molar-refractivity contribution in [2.75, 3.05) is 25.4 Å². The van der Waals surface area contributed by atoms with E-state index in [1.54, 1.807) is 0 Å². The molecule has 0 radical (unpaired) electrons. The fourth-order valence-electron chi connectivity index (χ4n) is 0.653. The predicted molar refractivity (Wildman–Crippen MR) is 49.1 cm³/mol. The second-order valence-electron chi connectivity index (χ2n) is 3.13. The van der Waals surface area contributed by atoms with E-state index in [2.05, 4.69) is 5.32 Å². The summed E-state index contributed by atoms with van der Waals surface area (Å²) in [6.45, 7) is 1.19. The van der Waals surface area contributed by atoms with E-state index < -0.39 is 17.7 Å². The predicted octanol–water partition coefficient (Wildman–Crippen LogP) is 0.572. The molecule has 0 amide bonds. The Bertz CT molecular complexity index is 164. The summed E-state index contributed by atoms with van der Waals surface area (Å²) in [5, 5.41) is 20.5. The minimum absolute atomic E-state index is 0.0713. The van der Waals surface area contributed by atoms with Gasteiger partial charge in [0.05, 0.1) is 12.2 Å². The quantitative estimate of drug-likeness (QED) is 0.587. The Labute approximate surface area is 84.7 Å². The van der Waals surface area contributed by atoms with E-state index in [1.807, 2.05) is 0 Å². The molecule has 0 bridgehead atoms. The number of aliphatic hydroxyl groups is 2. The number of rotatable bonds is 6. The first-order valence-corrected chi connectivity index (χ1v) is 5.00. The highest BCUT2D eigenvalue weighted by Gasteiger charge is 2.27. The summed E-state index contributed by atoms with van der Waals surface area (Å²) >= 11 is -0.115. The molecule has 1 unspecified atom stereocenters. The van der Waals surface area contributed by atoms with Gasteiger partial charge in [0.2, 0.25) is 0 Å². The van der Waals surface area contributed by atoms with Crippen LogP contribution in [0.15, 0.2) is 0 Å². The molecule has 0 heterocycles. The number of alkyl halides is 3. The summed E-state index contributed by atoms with van der Waals surface area (Å²) in [6, 6.07) is 0. The van der Waals surface area contributed by atoms with Gasteiger partial charge in [-0.3, -0.25) is 0 Å². The monoisotopic (exact) mass is 233 g/mol. The lowest BCUT2D eigenvalue weighted by molar-refractivity contribution is -0.0327. The van der Waals surface area contributed by atoms with Crippen molar-refractivity contribution in [2.45, 2.75) is 18.0 Å². The zero-order chi connectivity index (χ0) is 11.2. The maximum absolute atomic E-state index is 11.6. The first kappa shape index (κ1) is 14.0. The molecule has 3 N–H and O–H groups in total. The van der Waals surface area contributed by atoms with Crippen LogP contribution in [-0.2, 0) is 0 Å². The van der Waals surface area contributed by atoms with Crippen LogP contribution in [0.4, 0.5) is 13.2 Å². The molecule has 0 rings (SSSR count). The van der Waals surface area contributed by atoms with E-state index in [0.717, 1.165) is 0 Å². The van der Waals surface area contributed by atoms with Crippen molar-refractivity contribution < 1.29 is 23.4 Å². The van der Waals surface area contributed by atoms with Gasteiger partial charge >= 0.3 is 5.51 Å². The van der Waals surface area contributed by atoms with Crippen LogP contribution in [0.5, 0.6) is 0 Å². The highest BCUT2D eigenvalue weighted by molar-refractivity contribution is 8.00. The summed E-state index contributed by atoms with van der Waals surface area (Å²) in [6.07, 6.45) is 0. The van der Waals surface area contributed by atoms with Crippen LogP contribution >= 0.6 is 11.8 Å². The average molecular weight is 233 g/mol. The third kappa shape index (κ3) is 8.61. The lowest BCUT2D eigenvalue weighted by Crippen LogP contribution is -2.41. The van der Waals surface area contributed by atoms with E-state index in [1.165, 1.54) is 6.92 Å². The number of hydrogen-bond acceptors (Lipinski definition) is 4. The molecule has 0 aromatic rings. The van der Waals surface area contributed by atoms with E-state index in [9.17, 15) is 18.3 Å². The van der Waals surface area contributed by atoms with Crippen LogP contribution in [0.2, 0.25) is 0 Å². The van der Waals surface area contributed by atoms with Crippen molar-refractivity contribution in [3.63, 3.8) is 0 Å². The van der Waals surface area contributed by atoms with Gasteiger partial charge in [0.25, 0.3) is 0 Å². The number of thioether (sulfide) groups is 1. The normalized spacial score (nSPS) is 16.7. The number of aliphatic hydroxyl groups excluding tert-OH is 1. The molecule has 0 fully saturated rings. The molecule has 3 nitrogen and oxygen atoms in total. The van der Waals surface area contributed by atoms with Gasteiger partial charge in [0, 0.05) is 18.8 Å². The summed E-state index contributed by atoms with van der Waals surface area (Å²) in [5.74, 6) is -0.106. The smallest absolute Gasteiger partial charge is 0.393 e. The summed E-state index contributed by atoms with van der Waals surface area (Å²) in [4.78, 5) is 0. The van der Waals surface area contributed by atoms with Crippen molar-refractivity contribution in [3.05, 3.63) is 0 Å². The Hall–Kier alpha value is 0.0200. The average Bonchev–Trinajstić information content (AvgIpc) is 2.01. The summed E-state index contributed by atoms with van der Waals surface area (Å²) in [5.41, 5.74) is -5.48. The third-order valence-corrected chi connectivity index (χ3v) is 2.13. The Kier molecular flexibility index (Phi) is 5.80. The molecule has 0 aliphatic heterocycles. The van der Waals surface area contributed by atoms with Crippen molar-refractivity contribution in [1.29, 1.82) is 0 Å². The SMILES string of the molecule is CC(O)(CO)CNCCSC(F)(F)F. The topological polar surface area (TPSA) is 52.5 Å². The molecule has 14 heavy (non-hydrogen) atoms. The highest BCUT2D eigenvalue weighted by Crippen LogP contribution is 2.29. The molecule has 0 saturated carbocycles. The van der Waals surface area contributed by atoms with Crippen LogP contribution in [0.1, 0.15) is 6.92 Å². The molecule has 0 saturated heterocycles. The molecule has 7 heteroatoms. The standard InChI is InChI=1S/C7H14F3NO2S/c1-6(13,5-12)4-11-2-3-14-7(8,9)10/h11-13H,2-5H2,1H3. The van der Waals surface area contributed by atoms with Gasteiger partial charge in [-0.15, -0.1) is 0 Å². The van der Waals surface area contributed by atoms with Crippen LogP contribution < -0.4 is 5.32 Å².